The molecular weight excluding hydrogens is 392 g/mol. The summed E-state index contributed by atoms with van der Waals surface area (Å²) >= 11 is 3.48. The maximum absolute atomic E-state index is 12.9. The van der Waals surface area contributed by atoms with Crippen molar-refractivity contribution in [3.05, 3.63) is 88.4 Å². The molecule has 0 unspecified atom stereocenters. The number of benzene rings is 1. The Morgan fingerprint density at radius 2 is 1.81 bits per heavy atom. The van der Waals surface area contributed by atoms with Gasteiger partial charge in [0.2, 0.25) is 0 Å². The second-order valence-electron chi connectivity index (χ2n) is 5.97. The first-order valence-electron chi connectivity index (χ1n) is 8.22. The average molecular weight is 411 g/mol. The number of hydrogen-bond acceptors (Lipinski definition) is 3. The van der Waals surface area contributed by atoms with E-state index < -0.39 is 0 Å². The fourth-order valence-electron chi connectivity index (χ4n) is 2.55. The van der Waals surface area contributed by atoms with Crippen molar-refractivity contribution in [2.75, 3.05) is 5.32 Å². The van der Waals surface area contributed by atoms with Crippen molar-refractivity contribution in [1.29, 1.82) is 0 Å². The summed E-state index contributed by atoms with van der Waals surface area (Å²) in [4.78, 5) is 22.8. The van der Waals surface area contributed by atoms with Crippen molar-refractivity contribution < 1.29 is 4.79 Å². The maximum Gasteiger partial charge on any atom is 0.322 e. The molecule has 0 atom stereocenters. The Kier molecular flexibility index (Phi) is 5.96. The van der Waals surface area contributed by atoms with Crippen LogP contribution in [0.15, 0.2) is 71.7 Å². The third-order valence-corrected chi connectivity index (χ3v) is 4.81. The van der Waals surface area contributed by atoms with Crippen molar-refractivity contribution in [2.45, 2.75) is 20.0 Å². The van der Waals surface area contributed by atoms with Crippen molar-refractivity contribution in [1.82, 2.24) is 14.9 Å². The number of carbonyl (C=O) groups excluding carboxylic acids is 1. The number of halogens is 1. The highest BCUT2D eigenvalue weighted by molar-refractivity contribution is 9.10. The molecule has 0 aliphatic carbocycles. The van der Waals surface area contributed by atoms with Crippen LogP contribution in [0.5, 0.6) is 0 Å². The van der Waals surface area contributed by atoms with Gasteiger partial charge in [-0.2, -0.15) is 0 Å². The van der Waals surface area contributed by atoms with Gasteiger partial charge in [-0.05, 0) is 60.0 Å². The molecule has 0 radical (unpaired) electrons. The SMILES string of the molecule is Cc1cc(NC(=O)N(Cc2ccncc2)Cc2cccnc2)ccc1Br. The Bertz CT molecular complexity index is 830. The molecular formula is C20H19BrN4O. The highest BCUT2D eigenvalue weighted by atomic mass is 79.9. The molecule has 1 aromatic carbocycles. The van der Waals surface area contributed by atoms with Crippen molar-refractivity contribution in [3.63, 3.8) is 0 Å². The molecule has 132 valence electrons. The summed E-state index contributed by atoms with van der Waals surface area (Å²) in [6.45, 7) is 2.94. The van der Waals surface area contributed by atoms with Crippen molar-refractivity contribution in [2.24, 2.45) is 0 Å². The zero-order valence-corrected chi connectivity index (χ0v) is 16.0. The van der Waals surface area contributed by atoms with Crippen LogP contribution in [0.25, 0.3) is 0 Å². The van der Waals surface area contributed by atoms with Gasteiger partial charge in [-0.3, -0.25) is 9.97 Å². The summed E-state index contributed by atoms with van der Waals surface area (Å²) < 4.78 is 1.01. The predicted molar refractivity (Wildman–Crippen MR) is 106 cm³/mol. The van der Waals surface area contributed by atoms with Crippen LogP contribution in [-0.2, 0) is 13.1 Å². The number of nitrogens with one attached hydrogen (secondary N) is 1. The number of nitrogens with zero attached hydrogens (tertiary/aromatic N) is 3. The quantitative estimate of drug-likeness (QED) is 0.657. The number of pyridine rings is 2. The van der Waals surface area contributed by atoms with E-state index in [1.54, 1.807) is 29.7 Å². The normalized spacial score (nSPS) is 10.4. The molecule has 2 heterocycles. The number of amides is 2. The standard InChI is InChI=1S/C20H19BrN4O/c1-15-11-18(4-5-19(15)21)24-20(26)25(13-16-6-9-22-10-7-16)14-17-3-2-8-23-12-17/h2-12H,13-14H2,1H3,(H,24,26). The molecule has 3 aromatic rings. The lowest BCUT2D eigenvalue weighted by Crippen LogP contribution is -2.34. The molecule has 1 N–H and O–H groups in total. The van der Waals surface area contributed by atoms with E-state index in [1.807, 2.05) is 49.4 Å². The summed E-state index contributed by atoms with van der Waals surface area (Å²) in [5.41, 5.74) is 3.83. The number of carbonyl (C=O) groups is 1. The molecule has 3 rings (SSSR count). The number of anilines is 1. The molecule has 26 heavy (non-hydrogen) atoms. The van der Waals surface area contributed by atoms with Crippen LogP contribution in [0.2, 0.25) is 0 Å². The number of urea groups is 1. The lowest BCUT2D eigenvalue weighted by Gasteiger charge is -2.23. The van der Waals surface area contributed by atoms with Gasteiger partial charge < -0.3 is 10.2 Å². The fourth-order valence-corrected chi connectivity index (χ4v) is 2.79. The maximum atomic E-state index is 12.9. The number of aromatic nitrogens is 2. The number of aryl methyl sites for hydroxylation is 1. The zero-order chi connectivity index (χ0) is 18.4. The number of rotatable bonds is 5. The van der Waals surface area contributed by atoms with Crippen LogP contribution in [0.4, 0.5) is 10.5 Å². The lowest BCUT2D eigenvalue weighted by molar-refractivity contribution is 0.206. The monoisotopic (exact) mass is 410 g/mol. The Morgan fingerprint density at radius 3 is 2.50 bits per heavy atom. The predicted octanol–water partition coefficient (Wildman–Crippen LogP) is 4.78. The topological polar surface area (TPSA) is 58.1 Å². The molecule has 0 aliphatic rings. The van der Waals surface area contributed by atoms with Gasteiger partial charge in [0, 0.05) is 48.0 Å². The molecule has 0 aliphatic heterocycles. The molecule has 2 amide bonds. The van der Waals surface area contributed by atoms with Gasteiger partial charge in [-0.15, -0.1) is 0 Å². The van der Waals surface area contributed by atoms with E-state index in [2.05, 4.69) is 31.2 Å². The Morgan fingerprint density at radius 1 is 1.04 bits per heavy atom. The molecule has 5 nitrogen and oxygen atoms in total. The second kappa shape index (κ2) is 8.58. The van der Waals surface area contributed by atoms with Crippen LogP contribution in [-0.4, -0.2) is 20.9 Å². The van der Waals surface area contributed by atoms with Gasteiger partial charge in [0.1, 0.15) is 0 Å². The van der Waals surface area contributed by atoms with E-state index in [-0.39, 0.29) is 6.03 Å². The van der Waals surface area contributed by atoms with Crippen molar-refractivity contribution in [3.8, 4) is 0 Å². The van der Waals surface area contributed by atoms with E-state index in [1.165, 1.54) is 0 Å². The third-order valence-electron chi connectivity index (χ3n) is 3.92. The number of hydrogen-bond donors (Lipinski definition) is 1. The second-order valence-corrected chi connectivity index (χ2v) is 6.82. The Balaban J connectivity index is 1.78. The molecule has 0 fully saturated rings. The van der Waals surface area contributed by atoms with E-state index in [0.29, 0.717) is 13.1 Å². The van der Waals surface area contributed by atoms with Gasteiger partial charge >= 0.3 is 6.03 Å². The molecule has 0 spiro atoms. The Labute approximate surface area is 161 Å². The van der Waals surface area contributed by atoms with Crippen LogP contribution < -0.4 is 5.32 Å². The summed E-state index contributed by atoms with van der Waals surface area (Å²) in [5, 5.41) is 2.98. The summed E-state index contributed by atoms with van der Waals surface area (Å²) in [6, 6.07) is 13.2. The smallest absolute Gasteiger partial charge is 0.316 e. The zero-order valence-electron chi connectivity index (χ0n) is 14.4. The molecule has 0 bridgehead atoms. The molecule has 0 saturated carbocycles. The van der Waals surface area contributed by atoms with Crippen LogP contribution >= 0.6 is 15.9 Å². The van der Waals surface area contributed by atoms with E-state index in [4.69, 9.17) is 0 Å². The minimum absolute atomic E-state index is 0.160. The highest BCUT2D eigenvalue weighted by Gasteiger charge is 2.15. The summed E-state index contributed by atoms with van der Waals surface area (Å²) in [6.07, 6.45) is 6.96. The van der Waals surface area contributed by atoms with Gasteiger partial charge in [0.15, 0.2) is 0 Å². The largest absolute Gasteiger partial charge is 0.322 e. The highest BCUT2D eigenvalue weighted by Crippen LogP contribution is 2.21. The van der Waals surface area contributed by atoms with Crippen LogP contribution in [0.1, 0.15) is 16.7 Å². The minimum atomic E-state index is -0.160. The molecule has 0 saturated heterocycles. The van der Waals surface area contributed by atoms with Gasteiger partial charge in [0.05, 0.1) is 0 Å². The minimum Gasteiger partial charge on any atom is -0.316 e. The first-order chi connectivity index (χ1) is 12.6. The summed E-state index contributed by atoms with van der Waals surface area (Å²) in [7, 11) is 0. The fraction of sp³-hybridized carbons (Fsp3) is 0.150. The van der Waals surface area contributed by atoms with E-state index >= 15 is 0 Å². The first-order valence-corrected chi connectivity index (χ1v) is 9.01. The van der Waals surface area contributed by atoms with E-state index in [9.17, 15) is 4.79 Å². The van der Waals surface area contributed by atoms with Crippen LogP contribution in [0, 0.1) is 6.92 Å². The molecule has 2 aromatic heterocycles. The first kappa shape index (κ1) is 18.1. The van der Waals surface area contributed by atoms with Gasteiger partial charge in [-0.1, -0.05) is 22.0 Å². The van der Waals surface area contributed by atoms with Gasteiger partial charge in [0.25, 0.3) is 0 Å². The van der Waals surface area contributed by atoms with Crippen molar-refractivity contribution >= 4 is 27.6 Å². The lowest BCUT2D eigenvalue weighted by atomic mass is 10.2. The molecule has 6 heteroatoms. The Hall–Kier alpha value is -2.73. The average Bonchev–Trinajstić information content (AvgIpc) is 2.66. The van der Waals surface area contributed by atoms with E-state index in [0.717, 1.165) is 26.9 Å². The van der Waals surface area contributed by atoms with Gasteiger partial charge in [-0.25, -0.2) is 4.79 Å². The summed E-state index contributed by atoms with van der Waals surface area (Å²) in [5.74, 6) is 0. The third kappa shape index (κ3) is 4.89. The van der Waals surface area contributed by atoms with Crippen LogP contribution in [0.3, 0.4) is 0 Å².